The van der Waals surface area contributed by atoms with E-state index in [4.69, 9.17) is 5.11 Å². The predicted octanol–water partition coefficient (Wildman–Crippen LogP) is 1.63. The zero-order valence-corrected chi connectivity index (χ0v) is 9.05. The van der Waals surface area contributed by atoms with Crippen molar-refractivity contribution in [2.75, 3.05) is 18.5 Å². The van der Waals surface area contributed by atoms with Gasteiger partial charge >= 0.3 is 5.97 Å². The van der Waals surface area contributed by atoms with Gasteiger partial charge in [-0.15, -0.1) is 0 Å². The third-order valence-electron chi connectivity index (χ3n) is 2.21. The van der Waals surface area contributed by atoms with E-state index in [9.17, 15) is 4.79 Å². The molecule has 1 heterocycles. The van der Waals surface area contributed by atoms with Gasteiger partial charge < -0.3 is 10.0 Å². The summed E-state index contributed by atoms with van der Waals surface area (Å²) in [5.74, 6) is -0.605. The molecule has 0 bridgehead atoms. The molecule has 1 aromatic rings. The van der Waals surface area contributed by atoms with Gasteiger partial charge in [0.25, 0.3) is 0 Å². The molecule has 0 fully saturated rings. The molecule has 1 aromatic heterocycles. The summed E-state index contributed by atoms with van der Waals surface area (Å²) >= 11 is 0. The molecule has 0 spiro atoms. The maximum atomic E-state index is 10.5. The van der Waals surface area contributed by atoms with Crippen molar-refractivity contribution in [3.63, 3.8) is 0 Å². The molecule has 0 radical (unpaired) electrons. The Balaban J connectivity index is 2.49. The number of nitrogens with zero attached hydrogens (tertiary/aromatic N) is 2. The van der Waals surface area contributed by atoms with E-state index in [0.29, 0.717) is 0 Å². The summed E-state index contributed by atoms with van der Waals surface area (Å²) in [7, 11) is 1.95. The molecule has 4 heteroatoms. The van der Waals surface area contributed by atoms with Crippen LogP contribution in [0.4, 0.5) is 5.69 Å². The molecule has 1 atom stereocenters. The van der Waals surface area contributed by atoms with Crippen molar-refractivity contribution in [3.8, 4) is 0 Å². The molecule has 4 nitrogen and oxygen atoms in total. The minimum absolute atomic E-state index is 0.140. The number of anilines is 1. The van der Waals surface area contributed by atoms with Gasteiger partial charge in [-0.25, -0.2) is 0 Å². The summed E-state index contributed by atoms with van der Waals surface area (Å²) in [6.07, 6.45) is 3.66. The average molecular weight is 208 g/mol. The number of carbonyl (C=O) groups is 1. The van der Waals surface area contributed by atoms with Gasteiger partial charge in [0.05, 0.1) is 0 Å². The van der Waals surface area contributed by atoms with Crippen LogP contribution in [0.2, 0.25) is 0 Å². The number of rotatable bonds is 5. The molecular formula is C11H16N2O2. The van der Waals surface area contributed by atoms with Gasteiger partial charge in [-0.1, -0.05) is 6.92 Å². The summed E-state index contributed by atoms with van der Waals surface area (Å²) in [6.45, 7) is 2.67. The fourth-order valence-electron chi connectivity index (χ4n) is 1.53. The van der Waals surface area contributed by atoms with Gasteiger partial charge in [-0.05, 0) is 18.1 Å². The molecular weight excluding hydrogens is 192 g/mol. The van der Waals surface area contributed by atoms with E-state index < -0.39 is 5.97 Å². The molecule has 0 aliphatic carbocycles. The Hall–Kier alpha value is -1.58. The molecule has 1 N–H and O–H groups in total. The van der Waals surface area contributed by atoms with E-state index in [0.717, 1.165) is 12.2 Å². The Kier molecular flexibility index (Phi) is 4.09. The van der Waals surface area contributed by atoms with Crippen LogP contribution in [0.3, 0.4) is 0 Å². The Morgan fingerprint density at radius 2 is 2.13 bits per heavy atom. The van der Waals surface area contributed by atoms with E-state index >= 15 is 0 Å². The number of hydrogen-bond acceptors (Lipinski definition) is 3. The van der Waals surface area contributed by atoms with Crippen LogP contribution in [0.5, 0.6) is 0 Å². The van der Waals surface area contributed by atoms with Crippen LogP contribution in [-0.4, -0.2) is 29.7 Å². The SMILES string of the molecule is CC(CC(=O)O)CN(C)c1ccncc1. The quantitative estimate of drug-likeness (QED) is 0.799. The Labute approximate surface area is 89.6 Å². The lowest BCUT2D eigenvalue weighted by Gasteiger charge is -2.22. The fourth-order valence-corrected chi connectivity index (χ4v) is 1.53. The fraction of sp³-hybridized carbons (Fsp3) is 0.455. The average Bonchev–Trinajstić information content (AvgIpc) is 2.17. The summed E-state index contributed by atoms with van der Waals surface area (Å²) in [5.41, 5.74) is 1.06. The van der Waals surface area contributed by atoms with Gasteiger partial charge in [-0.2, -0.15) is 0 Å². The number of pyridine rings is 1. The summed E-state index contributed by atoms with van der Waals surface area (Å²) in [5, 5.41) is 8.64. The number of carboxylic acids is 1. The summed E-state index contributed by atoms with van der Waals surface area (Å²) < 4.78 is 0. The van der Waals surface area contributed by atoms with Crippen LogP contribution in [0.25, 0.3) is 0 Å². The Morgan fingerprint density at radius 1 is 1.53 bits per heavy atom. The maximum Gasteiger partial charge on any atom is 0.303 e. The van der Waals surface area contributed by atoms with Gasteiger partial charge in [0, 0.05) is 38.1 Å². The lowest BCUT2D eigenvalue weighted by molar-refractivity contribution is -0.137. The Bertz CT molecular complexity index is 314. The molecule has 0 aliphatic rings. The van der Waals surface area contributed by atoms with Crippen molar-refractivity contribution in [2.24, 2.45) is 5.92 Å². The van der Waals surface area contributed by atoms with Crippen LogP contribution >= 0.6 is 0 Å². The monoisotopic (exact) mass is 208 g/mol. The molecule has 15 heavy (non-hydrogen) atoms. The van der Waals surface area contributed by atoms with Crippen molar-refractivity contribution in [2.45, 2.75) is 13.3 Å². The molecule has 0 saturated carbocycles. The Morgan fingerprint density at radius 3 is 2.67 bits per heavy atom. The first-order valence-electron chi connectivity index (χ1n) is 4.92. The lowest BCUT2D eigenvalue weighted by Crippen LogP contribution is -2.25. The largest absolute Gasteiger partial charge is 0.481 e. The van der Waals surface area contributed by atoms with E-state index in [2.05, 4.69) is 4.98 Å². The zero-order chi connectivity index (χ0) is 11.3. The number of carboxylic acid groups (broad SMARTS) is 1. The van der Waals surface area contributed by atoms with E-state index in [1.54, 1.807) is 12.4 Å². The molecule has 1 unspecified atom stereocenters. The highest BCUT2D eigenvalue weighted by Crippen LogP contribution is 2.13. The third kappa shape index (κ3) is 3.97. The van der Waals surface area contributed by atoms with Crippen LogP contribution in [-0.2, 0) is 4.79 Å². The summed E-state index contributed by atoms with van der Waals surface area (Å²) in [4.78, 5) is 16.5. The highest BCUT2D eigenvalue weighted by Gasteiger charge is 2.10. The van der Waals surface area contributed by atoms with Crippen molar-refractivity contribution in [1.82, 2.24) is 4.98 Å². The standard InChI is InChI=1S/C11H16N2O2/c1-9(7-11(14)15)8-13(2)10-3-5-12-6-4-10/h3-6,9H,7-8H2,1-2H3,(H,14,15). The van der Waals surface area contributed by atoms with Gasteiger partial charge in [0.1, 0.15) is 0 Å². The molecule has 0 aromatic carbocycles. The van der Waals surface area contributed by atoms with Crippen molar-refractivity contribution < 1.29 is 9.90 Å². The van der Waals surface area contributed by atoms with E-state index in [-0.39, 0.29) is 12.3 Å². The molecule has 0 amide bonds. The van der Waals surface area contributed by atoms with Crippen LogP contribution in [0.15, 0.2) is 24.5 Å². The maximum absolute atomic E-state index is 10.5. The van der Waals surface area contributed by atoms with Gasteiger partial charge in [0.2, 0.25) is 0 Å². The second-order valence-corrected chi connectivity index (χ2v) is 3.79. The molecule has 0 saturated heterocycles. The van der Waals surface area contributed by atoms with Crippen molar-refractivity contribution in [1.29, 1.82) is 0 Å². The number of aliphatic carboxylic acids is 1. The minimum atomic E-state index is -0.745. The highest BCUT2D eigenvalue weighted by atomic mass is 16.4. The topological polar surface area (TPSA) is 53.4 Å². The van der Waals surface area contributed by atoms with Crippen molar-refractivity contribution in [3.05, 3.63) is 24.5 Å². The molecule has 0 aliphatic heterocycles. The van der Waals surface area contributed by atoms with Gasteiger partial charge in [0.15, 0.2) is 0 Å². The van der Waals surface area contributed by atoms with Crippen molar-refractivity contribution >= 4 is 11.7 Å². The zero-order valence-electron chi connectivity index (χ0n) is 9.05. The van der Waals surface area contributed by atoms with Crippen LogP contribution < -0.4 is 4.90 Å². The number of aromatic nitrogens is 1. The van der Waals surface area contributed by atoms with E-state index in [1.165, 1.54) is 0 Å². The number of hydrogen-bond donors (Lipinski definition) is 1. The predicted molar refractivity (Wildman–Crippen MR) is 58.9 cm³/mol. The first-order valence-corrected chi connectivity index (χ1v) is 4.92. The second-order valence-electron chi connectivity index (χ2n) is 3.79. The smallest absolute Gasteiger partial charge is 0.303 e. The normalized spacial score (nSPS) is 12.1. The highest BCUT2D eigenvalue weighted by molar-refractivity contribution is 5.67. The third-order valence-corrected chi connectivity index (χ3v) is 2.21. The van der Waals surface area contributed by atoms with Crippen LogP contribution in [0, 0.1) is 5.92 Å². The summed E-state index contributed by atoms with van der Waals surface area (Å²) in [6, 6.07) is 3.82. The lowest BCUT2D eigenvalue weighted by atomic mass is 10.1. The molecule has 1 rings (SSSR count). The van der Waals surface area contributed by atoms with E-state index in [1.807, 2.05) is 31.0 Å². The first kappa shape index (κ1) is 11.5. The van der Waals surface area contributed by atoms with Crippen LogP contribution in [0.1, 0.15) is 13.3 Å². The second kappa shape index (κ2) is 5.34. The minimum Gasteiger partial charge on any atom is -0.481 e. The first-order chi connectivity index (χ1) is 7.09. The molecule has 82 valence electrons. The van der Waals surface area contributed by atoms with Gasteiger partial charge in [-0.3, -0.25) is 9.78 Å².